The predicted octanol–water partition coefficient (Wildman–Crippen LogP) is 3.26. The van der Waals surface area contributed by atoms with E-state index in [9.17, 15) is 20.2 Å². The van der Waals surface area contributed by atoms with Gasteiger partial charge in [-0.2, -0.15) is 5.10 Å². The third-order valence-corrected chi connectivity index (χ3v) is 3.17. The van der Waals surface area contributed by atoms with Gasteiger partial charge in [-0.3, -0.25) is 25.7 Å². The number of nitro groups is 2. The molecule has 1 N–H and O–H groups in total. The number of non-ortho nitro benzene ring substituents is 1. The molecule has 0 heterocycles. The first-order valence-corrected chi connectivity index (χ1v) is 6.45. The van der Waals surface area contributed by atoms with E-state index in [1.165, 1.54) is 12.1 Å². The molecule has 1 aliphatic carbocycles. The van der Waals surface area contributed by atoms with E-state index in [1.807, 2.05) is 0 Å². The molecule has 110 valence electrons. The Hall–Kier alpha value is -2.77. The van der Waals surface area contributed by atoms with E-state index in [0.717, 1.165) is 25.3 Å². The molecule has 0 bridgehead atoms. The van der Waals surface area contributed by atoms with Crippen molar-refractivity contribution in [3.8, 4) is 0 Å². The molecule has 0 spiro atoms. The molecule has 1 aliphatic rings. The fraction of sp³-hybridized carbons (Fsp3) is 0.308. The van der Waals surface area contributed by atoms with Crippen molar-refractivity contribution >= 4 is 23.3 Å². The minimum atomic E-state index is -0.672. The molecule has 0 saturated heterocycles. The van der Waals surface area contributed by atoms with Crippen LogP contribution in [0.4, 0.5) is 17.1 Å². The number of rotatable bonds is 5. The SMILES string of the molecule is O=[N+]([O-])c1ccc(N/N=C\[C@@H]2CC=CCC2)c([N+](=O)[O-])c1. The van der Waals surface area contributed by atoms with Gasteiger partial charge in [-0.15, -0.1) is 0 Å². The van der Waals surface area contributed by atoms with Crippen LogP contribution in [0.15, 0.2) is 35.5 Å². The molecule has 0 amide bonds. The fourth-order valence-electron chi connectivity index (χ4n) is 2.04. The largest absolute Gasteiger partial charge is 0.301 e. The lowest BCUT2D eigenvalue weighted by molar-refractivity contribution is -0.393. The molecule has 1 atom stereocenters. The summed E-state index contributed by atoms with van der Waals surface area (Å²) in [5.41, 5.74) is 2.03. The number of benzene rings is 1. The van der Waals surface area contributed by atoms with Crippen LogP contribution in [0.25, 0.3) is 0 Å². The highest BCUT2D eigenvalue weighted by Crippen LogP contribution is 2.29. The summed E-state index contributed by atoms with van der Waals surface area (Å²) in [6.45, 7) is 0. The van der Waals surface area contributed by atoms with E-state index in [-0.39, 0.29) is 17.1 Å². The van der Waals surface area contributed by atoms with Crippen LogP contribution in [0.1, 0.15) is 19.3 Å². The molecular formula is C13H14N4O4. The van der Waals surface area contributed by atoms with E-state index in [4.69, 9.17) is 0 Å². The lowest BCUT2D eigenvalue weighted by atomic mass is 9.96. The monoisotopic (exact) mass is 290 g/mol. The first-order chi connectivity index (χ1) is 10.1. The summed E-state index contributed by atoms with van der Waals surface area (Å²) in [6, 6.07) is 3.41. The average molecular weight is 290 g/mol. The predicted molar refractivity (Wildman–Crippen MR) is 78.3 cm³/mol. The Balaban J connectivity index is 2.11. The zero-order valence-electron chi connectivity index (χ0n) is 11.1. The third-order valence-electron chi connectivity index (χ3n) is 3.17. The highest BCUT2D eigenvalue weighted by molar-refractivity contribution is 5.68. The summed E-state index contributed by atoms with van der Waals surface area (Å²) < 4.78 is 0. The summed E-state index contributed by atoms with van der Waals surface area (Å²) >= 11 is 0. The fourth-order valence-corrected chi connectivity index (χ4v) is 2.04. The first kappa shape index (κ1) is 14.6. The number of nitrogens with one attached hydrogen (secondary N) is 1. The Bertz CT molecular complexity index is 612. The molecule has 21 heavy (non-hydrogen) atoms. The van der Waals surface area contributed by atoms with Gasteiger partial charge >= 0.3 is 5.69 Å². The smallest absolute Gasteiger partial charge is 0.272 e. The maximum Gasteiger partial charge on any atom is 0.301 e. The molecule has 1 aromatic rings. The van der Waals surface area contributed by atoms with Crippen LogP contribution < -0.4 is 5.43 Å². The van der Waals surface area contributed by atoms with Crippen molar-refractivity contribution in [3.63, 3.8) is 0 Å². The second-order valence-electron chi connectivity index (χ2n) is 4.65. The van der Waals surface area contributed by atoms with Gasteiger partial charge in [0.05, 0.1) is 15.9 Å². The number of anilines is 1. The summed E-state index contributed by atoms with van der Waals surface area (Å²) in [5.74, 6) is 0.305. The van der Waals surface area contributed by atoms with Crippen LogP contribution in [0.5, 0.6) is 0 Å². The summed E-state index contributed by atoms with van der Waals surface area (Å²) in [4.78, 5) is 20.2. The quantitative estimate of drug-likeness (QED) is 0.387. The normalized spacial score (nSPS) is 17.8. The average Bonchev–Trinajstić information content (AvgIpc) is 2.48. The van der Waals surface area contributed by atoms with Crippen molar-refractivity contribution in [1.82, 2.24) is 0 Å². The zero-order chi connectivity index (χ0) is 15.2. The van der Waals surface area contributed by atoms with E-state index in [1.54, 1.807) is 6.21 Å². The Labute approximate surface area is 120 Å². The van der Waals surface area contributed by atoms with E-state index in [0.29, 0.717) is 5.92 Å². The van der Waals surface area contributed by atoms with Crippen LogP contribution in [0.2, 0.25) is 0 Å². The maximum absolute atomic E-state index is 10.9. The van der Waals surface area contributed by atoms with Gasteiger partial charge in [-0.1, -0.05) is 12.2 Å². The number of hydrogen-bond donors (Lipinski definition) is 1. The van der Waals surface area contributed by atoms with Crippen LogP contribution in [0, 0.1) is 26.1 Å². The van der Waals surface area contributed by atoms with Gasteiger partial charge in [-0.05, 0) is 31.2 Å². The third kappa shape index (κ3) is 3.85. The van der Waals surface area contributed by atoms with Crippen molar-refractivity contribution in [1.29, 1.82) is 0 Å². The second-order valence-corrected chi connectivity index (χ2v) is 4.65. The molecule has 0 fully saturated rings. The van der Waals surface area contributed by atoms with Crippen LogP contribution >= 0.6 is 0 Å². The Morgan fingerprint density at radius 1 is 1.24 bits per heavy atom. The standard InChI is InChI=1S/C13H14N4O4/c18-16(19)11-6-7-12(13(8-11)17(20)21)15-14-9-10-4-2-1-3-5-10/h1-2,6-10,15H,3-5H2/b14-9-/t10-/m1/s1. The topological polar surface area (TPSA) is 111 Å². The molecule has 8 heteroatoms. The molecular weight excluding hydrogens is 276 g/mol. The first-order valence-electron chi connectivity index (χ1n) is 6.45. The van der Waals surface area contributed by atoms with Crippen molar-refractivity contribution in [2.45, 2.75) is 19.3 Å². The summed E-state index contributed by atoms with van der Waals surface area (Å²) in [6.07, 6.45) is 8.79. The number of nitrogens with zero attached hydrogens (tertiary/aromatic N) is 3. The number of nitro benzene ring substituents is 2. The van der Waals surface area contributed by atoms with Crippen LogP contribution in [-0.2, 0) is 0 Å². The number of allylic oxidation sites excluding steroid dienone is 2. The second kappa shape index (κ2) is 6.60. The Morgan fingerprint density at radius 3 is 2.67 bits per heavy atom. The highest BCUT2D eigenvalue weighted by atomic mass is 16.6. The molecule has 0 radical (unpaired) electrons. The highest BCUT2D eigenvalue weighted by Gasteiger charge is 2.19. The minimum absolute atomic E-state index is 0.133. The van der Waals surface area contributed by atoms with Gasteiger partial charge in [0.25, 0.3) is 5.69 Å². The summed E-state index contributed by atoms with van der Waals surface area (Å²) in [5, 5.41) is 25.6. The van der Waals surface area contributed by atoms with Gasteiger partial charge < -0.3 is 0 Å². The number of hydrazone groups is 1. The van der Waals surface area contributed by atoms with E-state index in [2.05, 4.69) is 22.7 Å². The summed E-state index contributed by atoms with van der Waals surface area (Å²) in [7, 11) is 0. The van der Waals surface area contributed by atoms with Crippen molar-refractivity contribution < 1.29 is 9.85 Å². The van der Waals surface area contributed by atoms with Gasteiger partial charge in [0.15, 0.2) is 0 Å². The molecule has 8 nitrogen and oxygen atoms in total. The Kier molecular flexibility index (Phi) is 4.60. The van der Waals surface area contributed by atoms with Crippen molar-refractivity contribution in [2.24, 2.45) is 11.0 Å². The molecule has 0 saturated carbocycles. The number of hydrogen-bond acceptors (Lipinski definition) is 6. The molecule has 0 aliphatic heterocycles. The van der Waals surface area contributed by atoms with Crippen LogP contribution in [0.3, 0.4) is 0 Å². The minimum Gasteiger partial charge on any atom is -0.272 e. The lowest BCUT2D eigenvalue weighted by Crippen LogP contribution is -2.05. The molecule has 0 unspecified atom stereocenters. The van der Waals surface area contributed by atoms with Gasteiger partial charge in [-0.25, -0.2) is 0 Å². The lowest BCUT2D eigenvalue weighted by Gasteiger charge is -2.11. The van der Waals surface area contributed by atoms with E-state index < -0.39 is 9.85 Å². The molecule has 2 rings (SSSR count). The van der Waals surface area contributed by atoms with Crippen molar-refractivity contribution in [2.75, 3.05) is 5.43 Å². The van der Waals surface area contributed by atoms with Gasteiger partial charge in [0, 0.05) is 12.3 Å². The van der Waals surface area contributed by atoms with Crippen molar-refractivity contribution in [3.05, 3.63) is 50.6 Å². The molecule has 1 aromatic carbocycles. The maximum atomic E-state index is 10.9. The molecule has 0 aromatic heterocycles. The Morgan fingerprint density at radius 2 is 2.05 bits per heavy atom. The van der Waals surface area contributed by atoms with Gasteiger partial charge in [0.1, 0.15) is 5.69 Å². The zero-order valence-corrected chi connectivity index (χ0v) is 11.1. The van der Waals surface area contributed by atoms with Crippen LogP contribution in [-0.4, -0.2) is 16.1 Å². The van der Waals surface area contributed by atoms with Gasteiger partial charge in [0.2, 0.25) is 0 Å². The van der Waals surface area contributed by atoms with E-state index >= 15 is 0 Å².